The van der Waals surface area contributed by atoms with Crippen molar-refractivity contribution in [3.05, 3.63) is 11.6 Å². The van der Waals surface area contributed by atoms with Crippen molar-refractivity contribution in [2.75, 3.05) is 6.54 Å². The maximum Gasteiger partial charge on any atom is 0.302 e. The number of Topliss-reactive ketones (excluding diaryl/α,β-unsaturated/α-hetero) is 1. The Morgan fingerprint density at radius 1 is 1.06 bits per heavy atom. The number of hydrogen-bond acceptors (Lipinski definition) is 4. The van der Waals surface area contributed by atoms with Gasteiger partial charge in [0.25, 0.3) is 0 Å². The Kier molecular flexibility index (Phi) is 6.69. The van der Waals surface area contributed by atoms with Crippen LogP contribution in [0.3, 0.4) is 0 Å². The number of carbonyl (C=O) groups excluding carboxylic acids is 3. The number of nitrogens with zero attached hydrogens (tertiary/aromatic N) is 1. The molecule has 0 N–H and O–H groups in total. The Balaban J connectivity index is 1.33. The third-order valence-corrected chi connectivity index (χ3v) is 11.8. The zero-order valence-corrected chi connectivity index (χ0v) is 23.3. The minimum Gasteiger partial charge on any atom is -0.462 e. The number of carbonyl (C=O) groups is 3. The molecule has 36 heavy (non-hydrogen) atoms. The molecule has 200 valence electrons. The van der Waals surface area contributed by atoms with Crippen LogP contribution < -0.4 is 0 Å². The molecule has 5 aliphatic rings. The molecule has 0 aromatic carbocycles. The first kappa shape index (κ1) is 26.0. The lowest BCUT2D eigenvalue weighted by Gasteiger charge is -2.58. The van der Waals surface area contributed by atoms with E-state index >= 15 is 0 Å². The van der Waals surface area contributed by atoms with Crippen molar-refractivity contribution in [2.24, 2.45) is 46.3 Å². The van der Waals surface area contributed by atoms with Crippen molar-refractivity contribution in [3.8, 4) is 0 Å². The van der Waals surface area contributed by atoms with Crippen LogP contribution in [0.15, 0.2) is 11.6 Å². The highest BCUT2D eigenvalue weighted by molar-refractivity contribution is 5.90. The van der Waals surface area contributed by atoms with Crippen LogP contribution in [0, 0.1) is 46.3 Å². The number of amides is 1. The second-order valence-electron chi connectivity index (χ2n) is 13.7. The maximum atomic E-state index is 13.8. The summed E-state index contributed by atoms with van der Waals surface area (Å²) in [6.45, 7) is 13.2. The quantitative estimate of drug-likeness (QED) is 0.355. The molecule has 0 spiro atoms. The lowest BCUT2D eigenvalue weighted by Crippen LogP contribution is -2.52. The smallest absolute Gasteiger partial charge is 0.302 e. The molecule has 4 fully saturated rings. The van der Waals surface area contributed by atoms with E-state index in [9.17, 15) is 14.4 Å². The monoisotopic (exact) mass is 497 g/mol. The van der Waals surface area contributed by atoms with Crippen LogP contribution in [0.25, 0.3) is 0 Å². The number of ether oxygens (including phenoxy) is 1. The topological polar surface area (TPSA) is 63.7 Å². The third-order valence-electron chi connectivity index (χ3n) is 11.8. The standard InChI is InChI=1S/C31H47NO4/c1-18-15-28(32(17-18)20(3)33)29(35)19(2)25-9-10-26-24-8-7-22-16-23(36-21(4)34)11-13-30(22,5)27(24)12-14-31(25,26)6/h7,18-19,23-28H,8-17H2,1-6H3. The fourth-order valence-electron chi connectivity index (χ4n) is 9.99. The van der Waals surface area contributed by atoms with E-state index < -0.39 is 0 Å². The Morgan fingerprint density at radius 3 is 2.50 bits per heavy atom. The number of esters is 1. The van der Waals surface area contributed by atoms with Crippen molar-refractivity contribution in [1.29, 1.82) is 0 Å². The molecule has 4 aliphatic carbocycles. The van der Waals surface area contributed by atoms with Crippen molar-refractivity contribution in [2.45, 2.75) is 111 Å². The Morgan fingerprint density at radius 2 is 1.81 bits per heavy atom. The van der Waals surface area contributed by atoms with E-state index in [1.165, 1.54) is 31.8 Å². The molecule has 1 aliphatic heterocycles. The summed E-state index contributed by atoms with van der Waals surface area (Å²) >= 11 is 0. The molecule has 10 unspecified atom stereocenters. The molecule has 5 nitrogen and oxygen atoms in total. The predicted molar refractivity (Wildman–Crippen MR) is 140 cm³/mol. The van der Waals surface area contributed by atoms with Crippen molar-refractivity contribution < 1.29 is 19.1 Å². The summed E-state index contributed by atoms with van der Waals surface area (Å²) in [6.07, 6.45) is 12.3. The Labute approximate surface area is 217 Å². The molecule has 5 heteroatoms. The van der Waals surface area contributed by atoms with E-state index in [4.69, 9.17) is 4.74 Å². The largest absolute Gasteiger partial charge is 0.462 e. The van der Waals surface area contributed by atoms with E-state index in [0.29, 0.717) is 35.4 Å². The lowest BCUT2D eigenvalue weighted by molar-refractivity contribution is -0.148. The second-order valence-corrected chi connectivity index (χ2v) is 13.7. The summed E-state index contributed by atoms with van der Waals surface area (Å²) in [4.78, 5) is 39.4. The average Bonchev–Trinajstić information content (AvgIpc) is 3.38. The number of allylic oxidation sites excluding steroid dienone is 1. The summed E-state index contributed by atoms with van der Waals surface area (Å²) < 4.78 is 5.60. The Hall–Kier alpha value is -1.65. The SMILES string of the molecule is CC(=O)OC1CCC2(C)C(=CCC3C2CCC2(C)C(C(C)C(=O)C4CC(C)CN4C(C)=O)CCC32)C1. The van der Waals surface area contributed by atoms with Crippen LogP contribution >= 0.6 is 0 Å². The van der Waals surface area contributed by atoms with Crippen LogP contribution in [-0.4, -0.2) is 41.3 Å². The molecule has 0 radical (unpaired) electrons. The zero-order chi connectivity index (χ0) is 26.0. The lowest BCUT2D eigenvalue weighted by atomic mass is 9.47. The van der Waals surface area contributed by atoms with Crippen molar-refractivity contribution >= 4 is 17.7 Å². The molecule has 0 aromatic heterocycles. The van der Waals surface area contributed by atoms with E-state index in [1.807, 2.05) is 4.90 Å². The third kappa shape index (κ3) is 4.07. The molecule has 0 aromatic rings. The van der Waals surface area contributed by atoms with Crippen molar-refractivity contribution in [1.82, 2.24) is 4.90 Å². The first-order valence-electron chi connectivity index (χ1n) is 14.6. The van der Waals surface area contributed by atoms with Gasteiger partial charge in [0.15, 0.2) is 5.78 Å². The molecule has 5 rings (SSSR count). The van der Waals surface area contributed by atoms with Crippen LogP contribution in [0.4, 0.5) is 0 Å². The molecule has 0 bridgehead atoms. The average molecular weight is 498 g/mol. The Bertz CT molecular complexity index is 956. The molecule has 10 atom stereocenters. The molecular weight excluding hydrogens is 450 g/mol. The van der Waals surface area contributed by atoms with Gasteiger partial charge in [0.2, 0.25) is 5.91 Å². The van der Waals surface area contributed by atoms with Gasteiger partial charge in [-0.05, 0) is 91.8 Å². The normalized spacial score (nSPS) is 44.7. The molecule has 1 heterocycles. The van der Waals surface area contributed by atoms with E-state index in [-0.39, 0.29) is 40.8 Å². The molecular formula is C31H47NO4. The van der Waals surface area contributed by atoms with Crippen molar-refractivity contribution in [3.63, 3.8) is 0 Å². The van der Waals surface area contributed by atoms with Gasteiger partial charge >= 0.3 is 5.97 Å². The maximum absolute atomic E-state index is 13.8. The van der Waals surface area contributed by atoms with Crippen LogP contribution in [0.2, 0.25) is 0 Å². The fraction of sp³-hybridized carbons (Fsp3) is 0.839. The van der Waals surface area contributed by atoms with Gasteiger partial charge in [-0.1, -0.05) is 39.3 Å². The highest BCUT2D eigenvalue weighted by Gasteiger charge is 2.60. The minimum atomic E-state index is -0.224. The van der Waals surface area contributed by atoms with Gasteiger partial charge < -0.3 is 9.64 Å². The summed E-state index contributed by atoms with van der Waals surface area (Å²) in [7, 11) is 0. The van der Waals surface area contributed by atoms with Gasteiger partial charge in [0.1, 0.15) is 6.10 Å². The van der Waals surface area contributed by atoms with Gasteiger partial charge in [-0.15, -0.1) is 0 Å². The molecule has 1 amide bonds. The summed E-state index contributed by atoms with van der Waals surface area (Å²) in [5, 5.41) is 0. The highest BCUT2D eigenvalue weighted by atomic mass is 16.5. The number of rotatable bonds is 4. The number of hydrogen-bond donors (Lipinski definition) is 0. The zero-order valence-electron chi connectivity index (χ0n) is 23.3. The first-order chi connectivity index (χ1) is 17.0. The number of likely N-dealkylation sites (tertiary alicyclic amines) is 1. The first-order valence-corrected chi connectivity index (χ1v) is 14.6. The van der Waals surface area contributed by atoms with Gasteiger partial charge in [0.05, 0.1) is 6.04 Å². The number of ketones is 1. The predicted octanol–water partition coefficient (Wildman–Crippen LogP) is 5.96. The van der Waals surface area contributed by atoms with Crippen LogP contribution in [0.5, 0.6) is 0 Å². The van der Waals surface area contributed by atoms with Gasteiger partial charge in [-0.25, -0.2) is 0 Å². The highest BCUT2D eigenvalue weighted by Crippen LogP contribution is 2.67. The van der Waals surface area contributed by atoms with E-state index in [0.717, 1.165) is 45.1 Å². The number of fused-ring (bicyclic) bond motifs is 5. The summed E-state index contributed by atoms with van der Waals surface area (Å²) in [5.74, 6) is 3.08. The van der Waals surface area contributed by atoms with Gasteiger partial charge in [0, 0.05) is 32.7 Å². The summed E-state index contributed by atoms with van der Waals surface area (Å²) in [5.41, 5.74) is 1.96. The molecule has 3 saturated carbocycles. The fourth-order valence-corrected chi connectivity index (χ4v) is 9.99. The van der Waals surface area contributed by atoms with E-state index in [1.54, 1.807) is 6.92 Å². The second kappa shape index (κ2) is 9.27. The van der Waals surface area contributed by atoms with Gasteiger partial charge in [-0.3, -0.25) is 14.4 Å². The van der Waals surface area contributed by atoms with Crippen LogP contribution in [-0.2, 0) is 19.1 Å². The molecule has 1 saturated heterocycles. The summed E-state index contributed by atoms with van der Waals surface area (Å²) in [6, 6.07) is -0.224. The van der Waals surface area contributed by atoms with Gasteiger partial charge in [-0.2, -0.15) is 0 Å². The minimum absolute atomic E-state index is 0.0122. The van der Waals surface area contributed by atoms with E-state index in [2.05, 4.69) is 33.8 Å². The van der Waals surface area contributed by atoms with Crippen LogP contribution in [0.1, 0.15) is 99.3 Å².